The molecule has 3 N–H and O–H groups in total. The van der Waals surface area contributed by atoms with Gasteiger partial charge in [0.2, 0.25) is 0 Å². The molecule has 1 aromatic rings. The maximum absolute atomic E-state index is 15.2. The van der Waals surface area contributed by atoms with Crippen LogP contribution in [0.3, 0.4) is 0 Å². The van der Waals surface area contributed by atoms with E-state index in [9.17, 15) is 14.8 Å². The summed E-state index contributed by atoms with van der Waals surface area (Å²) >= 11 is 0. The standard InChI is InChI=1S/C23H31BF2O4/c1-13-10-18-14(11-19(13)24(29)30)6-7-17-16(18)8-9-22(2)21(17)15(12-23(22,25)26)4-3-5-20(27)28/h10-11,15-17,21,29-30H,3-9,12H2,1-2H3,(H,27,28)/t15-,16+,17-,21+,22+/m1/s1. The molecule has 0 radical (unpaired) electrons. The van der Waals surface area contributed by atoms with Gasteiger partial charge in [0.1, 0.15) is 0 Å². The van der Waals surface area contributed by atoms with Crippen LogP contribution in [0.4, 0.5) is 8.78 Å². The molecule has 3 aliphatic carbocycles. The van der Waals surface area contributed by atoms with Gasteiger partial charge < -0.3 is 15.2 Å². The summed E-state index contributed by atoms with van der Waals surface area (Å²) in [6.45, 7) is 3.63. The lowest BCUT2D eigenvalue weighted by Crippen LogP contribution is -2.48. The molecule has 0 aromatic heterocycles. The summed E-state index contributed by atoms with van der Waals surface area (Å²) in [6, 6.07) is 3.92. The van der Waals surface area contributed by atoms with Crippen LogP contribution >= 0.6 is 0 Å². The summed E-state index contributed by atoms with van der Waals surface area (Å²) < 4.78 is 30.4. The number of alkyl halides is 2. The molecule has 0 aliphatic heterocycles. The van der Waals surface area contributed by atoms with Crippen molar-refractivity contribution in [2.24, 2.45) is 23.2 Å². The van der Waals surface area contributed by atoms with Gasteiger partial charge >= 0.3 is 13.1 Å². The number of hydrogen-bond acceptors (Lipinski definition) is 3. The topological polar surface area (TPSA) is 77.8 Å². The first-order valence-corrected chi connectivity index (χ1v) is 11.1. The molecule has 1 aromatic carbocycles. The Labute approximate surface area is 176 Å². The van der Waals surface area contributed by atoms with E-state index in [4.69, 9.17) is 5.11 Å². The van der Waals surface area contributed by atoms with Crippen molar-refractivity contribution in [3.8, 4) is 0 Å². The molecule has 2 saturated carbocycles. The summed E-state index contributed by atoms with van der Waals surface area (Å²) in [7, 11) is -1.50. The highest BCUT2D eigenvalue weighted by molar-refractivity contribution is 6.59. The molecule has 0 bridgehead atoms. The van der Waals surface area contributed by atoms with E-state index in [1.54, 1.807) is 6.92 Å². The van der Waals surface area contributed by atoms with E-state index >= 15 is 8.78 Å². The Morgan fingerprint density at radius 1 is 1.27 bits per heavy atom. The van der Waals surface area contributed by atoms with Gasteiger partial charge in [-0.05, 0) is 85.7 Å². The third-order valence-corrected chi connectivity index (χ3v) is 8.47. The maximum Gasteiger partial charge on any atom is 0.488 e. The molecule has 7 heteroatoms. The number of carbonyl (C=O) groups is 1. The van der Waals surface area contributed by atoms with Crippen LogP contribution < -0.4 is 5.46 Å². The van der Waals surface area contributed by atoms with Gasteiger partial charge in [-0.2, -0.15) is 0 Å². The first-order valence-electron chi connectivity index (χ1n) is 11.1. The second kappa shape index (κ2) is 7.59. The van der Waals surface area contributed by atoms with Crippen molar-refractivity contribution in [3.05, 3.63) is 28.8 Å². The van der Waals surface area contributed by atoms with E-state index in [0.717, 1.165) is 30.4 Å². The number of halogens is 2. The average molecular weight is 420 g/mol. The van der Waals surface area contributed by atoms with Crippen molar-refractivity contribution in [1.29, 1.82) is 0 Å². The number of fused-ring (bicyclic) bond motifs is 5. The second-order valence-electron chi connectivity index (χ2n) is 10.0. The van der Waals surface area contributed by atoms with Crippen LogP contribution in [0, 0.1) is 30.1 Å². The zero-order chi connectivity index (χ0) is 21.8. The lowest BCUT2D eigenvalue weighted by atomic mass is 9.53. The molecule has 0 heterocycles. The number of benzene rings is 1. The highest BCUT2D eigenvalue weighted by atomic mass is 19.3. The Hall–Kier alpha value is -1.47. The molecule has 0 spiro atoms. The Kier molecular flexibility index (Phi) is 5.51. The van der Waals surface area contributed by atoms with Gasteiger partial charge in [-0.25, -0.2) is 8.78 Å². The molecule has 5 atom stereocenters. The summed E-state index contributed by atoms with van der Waals surface area (Å²) in [6.07, 6.45) is 3.70. The SMILES string of the molecule is Cc1cc2c(cc1B(O)O)CC[C@H]1[C@@H]3[C@H](CCCC(=O)O)CC(F)(F)[C@@]3(C)CC[C@H]21. The molecule has 2 fully saturated rings. The normalized spacial score (nSPS) is 34.1. The van der Waals surface area contributed by atoms with Gasteiger partial charge in [0.25, 0.3) is 5.92 Å². The smallest absolute Gasteiger partial charge is 0.481 e. The minimum atomic E-state index is -2.71. The first-order chi connectivity index (χ1) is 14.0. The largest absolute Gasteiger partial charge is 0.488 e. The van der Waals surface area contributed by atoms with Crippen molar-refractivity contribution in [2.45, 2.75) is 77.1 Å². The van der Waals surface area contributed by atoms with Crippen LogP contribution in [0.15, 0.2) is 12.1 Å². The van der Waals surface area contributed by atoms with Gasteiger partial charge in [-0.1, -0.05) is 24.6 Å². The molecule has 3 aliphatic rings. The van der Waals surface area contributed by atoms with Crippen molar-refractivity contribution in [1.82, 2.24) is 0 Å². The van der Waals surface area contributed by atoms with Gasteiger partial charge in [-0.3, -0.25) is 4.79 Å². The number of carboxylic acid groups (broad SMARTS) is 1. The van der Waals surface area contributed by atoms with Crippen molar-refractivity contribution in [3.63, 3.8) is 0 Å². The molecule has 4 rings (SSSR count). The monoisotopic (exact) mass is 420 g/mol. The fourth-order valence-electron chi connectivity index (χ4n) is 7.06. The average Bonchev–Trinajstić information content (AvgIpc) is 2.86. The maximum atomic E-state index is 15.2. The van der Waals surface area contributed by atoms with Crippen molar-refractivity contribution < 1.29 is 28.7 Å². The minimum absolute atomic E-state index is 0.0356. The molecular weight excluding hydrogens is 389 g/mol. The van der Waals surface area contributed by atoms with Crippen LogP contribution in [-0.2, 0) is 11.2 Å². The third-order valence-electron chi connectivity index (χ3n) is 8.47. The van der Waals surface area contributed by atoms with Crippen LogP contribution in [0.2, 0.25) is 0 Å². The fraction of sp³-hybridized carbons (Fsp3) is 0.696. The second-order valence-corrected chi connectivity index (χ2v) is 10.0. The fourth-order valence-corrected chi connectivity index (χ4v) is 7.06. The number of aliphatic carboxylic acids is 1. The predicted molar refractivity (Wildman–Crippen MR) is 111 cm³/mol. The van der Waals surface area contributed by atoms with E-state index < -0.39 is 24.4 Å². The Bertz CT molecular complexity index is 843. The van der Waals surface area contributed by atoms with Crippen molar-refractivity contribution >= 4 is 18.6 Å². The number of carboxylic acids is 1. The highest BCUT2D eigenvalue weighted by Gasteiger charge is 2.67. The molecule has 0 amide bonds. The van der Waals surface area contributed by atoms with E-state index in [1.165, 1.54) is 5.56 Å². The summed E-state index contributed by atoms with van der Waals surface area (Å²) in [5.74, 6) is -3.43. The lowest BCUT2D eigenvalue weighted by molar-refractivity contribution is -0.137. The van der Waals surface area contributed by atoms with E-state index in [1.807, 2.05) is 19.1 Å². The van der Waals surface area contributed by atoms with E-state index in [-0.39, 0.29) is 36.5 Å². The molecule has 0 unspecified atom stereocenters. The zero-order valence-electron chi connectivity index (χ0n) is 17.7. The predicted octanol–water partition coefficient (Wildman–Crippen LogP) is 3.65. The van der Waals surface area contributed by atoms with Gasteiger partial charge in [0.15, 0.2) is 0 Å². The first kappa shape index (κ1) is 21.8. The number of rotatable bonds is 5. The van der Waals surface area contributed by atoms with Crippen LogP contribution in [0.5, 0.6) is 0 Å². The molecule has 4 nitrogen and oxygen atoms in total. The quantitative estimate of drug-likeness (QED) is 0.636. The summed E-state index contributed by atoms with van der Waals surface area (Å²) in [5, 5.41) is 28.3. The van der Waals surface area contributed by atoms with Crippen LogP contribution in [0.25, 0.3) is 0 Å². The van der Waals surface area contributed by atoms with Gasteiger partial charge in [0.05, 0.1) is 0 Å². The van der Waals surface area contributed by atoms with Crippen LogP contribution in [0.1, 0.15) is 74.5 Å². The number of hydrogen-bond donors (Lipinski definition) is 3. The van der Waals surface area contributed by atoms with Crippen LogP contribution in [-0.4, -0.2) is 34.2 Å². The van der Waals surface area contributed by atoms with E-state index in [0.29, 0.717) is 24.7 Å². The van der Waals surface area contributed by atoms with Gasteiger partial charge in [0, 0.05) is 18.3 Å². The lowest BCUT2D eigenvalue weighted by Gasteiger charge is -2.51. The summed E-state index contributed by atoms with van der Waals surface area (Å²) in [4.78, 5) is 10.9. The minimum Gasteiger partial charge on any atom is -0.481 e. The Balaban J connectivity index is 1.66. The Morgan fingerprint density at radius 2 is 2.00 bits per heavy atom. The molecule has 0 saturated heterocycles. The molecule has 30 heavy (non-hydrogen) atoms. The molecule has 164 valence electrons. The van der Waals surface area contributed by atoms with Gasteiger partial charge in [-0.15, -0.1) is 0 Å². The number of aryl methyl sites for hydroxylation is 2. The van der Waals surface area contributed by atoms with E-state index in [2.05, 4.69) is 0 Å². The zero-order valence-corrected chi connectivity index (χ0v) is 17.7. The van der Waals surface area contributed by atoms with Crippen molar-refractivity contribution in [2.75, 3.05) is 0 Å². The highest BCUT2D eigenvalue weighted by Crippen LogP contribution is 2.68. The third kappa shape index (κ3) is 3.38. The summed E-state index contributed by atoms with van der Waals surface area (Å²) in [5.41, 5.74) is 2.63. The molecular formula is C23H31BF2O4. The Morgan fingerprint density at radius 3 is 2.67 bits per heavy atom.